The third kappa shape index (κ3) is 3.60. The molecule has 0 radical (unpaired) electrons. The number of carbonyl (C=O) groups excluding carboxylic acids is 1. The largest absolute Gasteiger partial charge is 0.396 e. The quantitative estimate of drug-likeness (QED) is 0.864. The number of amides is 1. The predicted molar refractivity (Wildman–Crippen MR) is 82.2 cm³/mol. The first-order valence-corrected chi connectivity index (χ1v) is 7.06. The molecule has 0 aliphatic heterocycles. The molecule has 0 spiro atoms. The molecule has 1 atom stereocenters. The van der Waals surface area contributed by atoms with E-state index in [1.54, 1.807) is 30.3 Å². The van der Waals surface area contributed by atoms with Gasteiger partial charge in [0, 0.05) is 19.9 Å². The Morgan fingerprint density at radius 2 is 2.00 bits per heavy atom. The molecule has 1 amide bonds. The minimum Gasteiger partial charge on any atom is -0.396 e. The molecule has 2 aromatic rings. The summed E-state index contributed by atoms with van der Waals surface area (Å²) >= 11 is 5.98. The highest BCUT2D eigenvalue weighted by atomic mass is 35.5. The number of pyridine rings is 1. The highest BCUT2D eigenvalue weighted by Gasteiger charge is 2.23. The van der Waals surface area contributed by atoms with Crippen LogP contribution < -0.4 is 0 Å². The van der Waals surface area contributed by atoms with Gasteiger partial charge in [-0.2, -0.15) is 0 Å². The third-order valence-corrected chi connectivity index (χ3v) is 3.67. The Hall–Kier alpha value is -1.91. The van der Waals surface area contributed by atoms with E-state index in [0.717, 1.165) is 5.56 Å². The Morgan fingerprint density at radius 1 is 1.29 bits per heavy atom. The third-order valence-electron chi connectivity index (χ3n) is 3.36. The van der Waals surface area contributed by atoms with E-state index in [2.05, 4.69) is 4.98 Å². The van der Waals surface area contributed by atoms with Crippen LogP contribution in [0.2, 0.25) is 5.15 Å². The van der Waals surface area contributed by atoms with Crippen molar-refractivity contribution in [2.75, 3.05) is 13.7 Å². The molecular formula is C16H17ClN2O2. The number of hydrogen-bond donors (Lipinski definition) is 1. The van der Waals surface area contributed by atoms with E-state index < -0.39 is 0 Å². The summed E-state index contributed by atoms with van der Waals surface area (Å²) in [4.78, 5) is 18.1. The standard InChI is InChI=1S/C16H17ClN2O2/c1-19(16(21)13-8-5-10-18-15(13)17)14(9-11-20)12-6-3-2-4-7-12/h2-8,10,14,20H,9,11H2,1H3. The smallest absolute Gasteiger partial charge is 0.257 e. The van der Waals surface area contributed by atoms with Gasteiger partial charge < -0.3 is 10.0 Å². The van der Waals surface area contributed by atoms with Crippen LogP contribution in [-0.4, -0.2) is 34.6 Å². The molecule has 4 nitrogen and oxygen atoms in total. The number of carbonyl (C=O) groups is 1. The van der Waals surface area contributed by atoms with Crippen LogP contribution in [0.15, 0.2) is 48.7 Å². The van der Waals surface area contributed by atoms with Gasteiger partial charge in [-0.3, -0.25) is 4.79 Å². The summed E-state index contributed by atoms with van der Waals surface area (Å²) in [5.41, 5.74) is 1.34. The number of aliphatic hydroxyl groups excluding tert-OH is 1. The van der Waals surface area contributed by atoms with E-state index in [0.29, 0.717) is 12.0 Å². The summed E-state index contributed by atoms with van der Waals surface area (Å²) in [6, 6.07) is 12.7. The fraction of sp³-hybridized carbons (Fsp3) is 0.250. The van der Waals surface area contributed by atoms with Crippen molar-refractivity contribution in [3.05, 3.63) is 64.9 Å². The summed E-state index contributed by atoms with van der Waals surface area (Å²) in [6.07, 6.45) is 2.01. The molecule has 0 saturated heterocycles. The predicted octanol–water partition coefficient (Wildman–Crippen LogP) is 2.93. The van der Waals surface area contributed by atoms with Crippen LogP contribution in [0.25, 0.3) is 0 Å². The minimum absolute atomic E-state index is 0.00203. The van der Waals surface area contributed by atoms with Crippen molar-refractivity contribution < 1.29 is 9.90 Å². The number of aromatic nitrogens is 1. The van der Waals surface area contributed by atoms with Crippen LogP contribution in [0.1, 0.15) is 28.4 Å². The van der Waals surface area contributed by atoms with E-state index in [-0.39, 0.29) is 23.7 Å². The second-order valence-electron chi connectivity index (χ2n) is 4.70. The first-order chi connectivity index (χ1) is 10.1. The average molecular weight is 305 g/mol. The Balaban J connectivity index is 2.29. The van der Waals surface area contributed by atoms with Gasteiger partial charge in [0.05, 0.1) is 11.6 Å². The van der Waals surface area contributed by atoms with Crippen LogP contribution in [0, 0.1) is 0 Å². The fourth-order valence-electron chi connectivity index (χ4n) is 2.26. The molecule has 0 fully saturated rings. The molecule has 21 heavy (non-hydrogen) atoms. The molecule has 0 saturated carbocycles. The van der Waals surface area contributed by atoms with Crippen molar-refractivity contribution in [2.45, 2.75) is 12.5 Å². The van der Waals surface area contributed by atoms with Gasteiger partial charge in [0.1, 0.15) is 5.15 Å². The molecule has 1 aromatic heterocycles. The number of halogens is 1. The highest BCUT2D eigenvalue weighted by molar-refractivity contribution is 6.32. The molecule has 0 aliphatic rings. The zero-order chi connectivity index (χ0) is 15.2. The maximum absolute atomic E-state index is 12.6. The number of hydrogen-bond acceptors (Lipinski definition) is 3. The maximum atomic E-state index is 12.6. The maximum Gasteiger partial charge on any atom is 0.257 e. The molecule has 1 unspecified atom stereocenters. The summed E-state index contributed by atoms with van der Waals surface area (Å²) in [5.74, 6) is -0.213. The topological polar surface area (TPSA) is 53.4 Å². The van der Waals surface area contributed by atoms with Crippen molar-refractivity contribution in [3.8, 4) is 0 Å². The summed E-state index contributed by atoms with van der Waals surface area (Å²) < 4.78 is 0. The molecule has 1 N–H and O–H groups in total. The SMILES string of the molecule is CN(C(=O)c1cccnc1Cl)C(CCO)c1ccccc1. The first kappa shape index (κ1) is 15.5. The van der Waals surface area contributed by atoms with Gasteiger partial charge >= 0.3 is 0 Å². The summed E-state index contributed by atoms with van der Waals surface area (Å²) in [6.45, 7) is -0.00203. The molecule has 5 heteroatoms. The molecule has 1 aromatic carbocycles. The Morgan fingerprint density at radius 3 is 2.62 bits per heavy atom. The zero-order valence-electron chi connectivity index (χ0n) is 11.7. The van der Waals surface area contributed by atoms with Crippen LogP contribution in [0.4, 0.5) is 0 Å². The van der Waals surface area contributed by atoms with E-state index in [9.17, 15) is 9.90 Å². The Bertz CT molecular complexity index is 604. The molecular weight excluding hydrogens is 288 g/mol. The van der Waals surface area contributed by atoms with E-state index >= 15 is 0 Å². The monoisotopic (exact) mass is 304 g/mol. The van der Waals surface area contributed by atoms with Crippen molar-refractivity contribution in [1.29, 1.82) is 0 Å². The Kier molecular flexibility index (Phi) is 5.31. The van der Waals surface area contributed by atoms with E-state index in [1.807, 2.05) is 30.3 Å². The molecule has 0 aliphatic carbocycles. The second kappa shape index (κ2) is 7.20. The molecule has 2 rings (SSSR count). The average Bonchev–Trinajstić information content (AvgIpc) is 2.52. The fourth-order valence-corrected chi connectivity index (χ4v) is 2.46. The van der Waals surface area contributed by atoms with Crippen molar-refractivity contribution in [1.82, 2.24) is 9.88 Å². The van der Waals surface area contributed by atoms with Crippen LogP contribution in [0.3, 0.4) is 0 Å². The van der Waals surface area contributed by atoms with Gasteiger partial charge in [-0.1, -0.05) is 41.9 Å². The summed E-state index contributed by atoms with van der Waals surface area (Å²) in [5, 5.41) is 9.46. The minimum atomic E-state index is -0.213. The lowest BCUT2D eigenvalue weighted by Crippen LogP contribution is -2.32. The molecule has 110 valence electrons. The number of rotatable bonds is 5. The van der Waals surface area contributed by atoms with E-state index in [1.165, 1.54) is 0 Å². The van der Waals surface area contributed by atoms with Crippen molar-refractivity contribution in [2.24, 2.45) is 0 Å². The number of aliphatic hydroxyl groups is 1. The van der Waals surface area contributed by atoms with Crippen LogP contribution >= 0.6 is 11.6 Å². The van der Waals surface area contributed by atoms with Gasteiger partial charge in [0.2, 0.25) is 0 Å². The van der Waals surface area contributed by atoms with Gasteiger partial charge in [-0.15, -0.1) is 0 Å². The normalized spacial score (nSPS) is 12.0. The molecule has 0 bridgehead atoms. The molecule has 1 heterocycles. The second-order valence-corrected chi connectivity index (χ2v) is 5.05. The first-order valence-electron chi connectivity index (χ1n) is 6.68. The highest BCUT2D eigenvalue weighted by Crippen LogP contribution is 2.25. The summed E-state index contributed by atoms with van der Waals surface area (Å²) in [7, 11) is 1.71. The lowest BCUT2D eigenvalue weighted by Gasteiger charge is -2.28. The number of benzene rings is 1. The van der Waals surface area contributed by atoms with Crippen molar-refractivity contribution >= 4 is 17.5 Å². The van der Waals surface area contributed by atoms with Gasteiger partial charge in [-0.25, -0.2) is 4.98 Å². The lowest BCUT2D eigenvalue weighted by molar-refractivity contribution is 0.0705. The van der Waals surface area contributed by atoms with Gasteiger partial charge in [0.25, 0.3) is 5.91 Å². The van der Waals surface area contributed by atoms with E-state index in [4.69, 9.17) is 11.6 Å². The van der Waals surface area contributed by atoms with Gasteiger partial charge in [0.15, 0.2) is 0 Å². The van der Waals surface area contributed by atoms with Crippen LogP contribution in [-0.2, 0) is 0 Å². The lowest BCUT2D eigenvalue weighted by atomic mass is 10.0. The zero-order valence-corrected chi connectivity index (χ0v) is 12.5. The van der Waals surface area contributed by atoms with Crippen LogP contribution in [0.5, 0.6) is 0 Å². The Labute approximate surface area is 129 Å². The van der Waals surface area contributed by atoms with Gasteiger partial charge in [-0.05, 0) is 24.1 Å². The number of nitrogens with zero attached hydrogens (tertiary/aromatic N) is 2. The van der Waals surface area contributed by atoms with Crippen molar-refractivity contribution in [3.63, 3.8) is 0 Å².